The first kappa shape index (κ1) is 11.1. The van der Waals surface area contributed by atoms with Crippen molar-refractivity contribution >= 4 is 17.9 Å². The average molecular weight is 219 g/mol. The molecule has 0 aromatic heterocycles. The molecule has 0 saturated carbocycles. The molecular weight excluding hydrogens is 210 g/mol. The van der Waals surface area contributed by atoms with Crippen LogP contribution in [0.15, 0.2) is 12.1 Å². The van der Waals surface area contributed by atoms with Crippen LogP contribution in [0.4, 0.5) is 8.78 Å². The summed E-state index contributed by atoms with van der Waals surface area (Å²) in [6.45, 7) is 0. The first-order valence-electron chi connectivity index (χ1n) is 4.23. The van der Waals surface area contributed by atoms with Gasteiger partial charge in [-0.15, -0.1) is 0 Å². The van der Waals surface area contributed by atoms with E-state index in [-0.39, 0.29) is 17.0 Å². The number of carbonyl (C=O) groups is 1. The molecule has 1 aromatic carbocycles. The molecule has 0 radical (unpaired) electrons. The normalized spacial score (nSPS) is 10.2. The van der Waals surface area contributed by atoms with Gasteiger partial charge in [-0.05, 0) is 25.0 Å². The summed E-state index contributed by atoms with van der Waals surface area (Å²) in [7, 11) is 0. The Morgan fingerprint density at radius 2 is 1.93 bits per heavy atom. The zero-order chi connectivity index (χ0) is 10.6. The summed E-state index contributed by atoms with van der Waals surface area (Å²) >= 11 is 5.57. The van der Waals surface area contributed by atoms with E-state index in [2.05, 4.69) is 0 Å². The van der Waals surface area contributed by atoms with E-state index in [1.807, 2.05) is 0 Å². The average Bonchev–Trinajstić information content (AvgIpc) is 2.18. The van der Waals surface area contributed by atoms with Crippen LogP contribution in [0, 0.1) is 11.6 Å². The summed E-state index contributed by atoms with van der Waals surface area (Å²) in [6.07, 6.45) is 1.82. The second-order valence-corrected chi connectivity index (χ2v) is 3.26. The Morgan fingerprint density at radius 3 is 2.57 bits per heavy atom. The molecule has 0 amide bonds. The quantitative estimate of drug-likeness (QED) is 0.431. The standard InChI is InChI=1S/C10H9ClF2O/c11-10-7(3-1-2-6-14)8(12)4-5-9(10)13/h4-6H,1-3H2. The van der Waals surface area contributed by atoms with Gasteiger partial charge in [0.15, 0.2) is 0 Å². The van der Waals surface area contributed by atoms with Gasteiger partial charge in [-0.2, -0.15) is 0 Å². The Kier molecular flexibility index (Phi) is 4.01. The van der Waals surface area contributed by atoms with E-state index in [4.69, 9.17) is 11.6 Å². The van der Waals surface area contributed by atoms with E-state index >= 15 is 0 Å². The van der Waals surface area contributed by atoms with Crippen LogP contribution >= 0.6 is 11.6 Å². The lowest BCUT2D eigenvalue weighted by Gasteiger charge is -2.05. The summed E-state index contributed by atoms with van der Waals surface area (Å²) in [5.74, 6) is -1.16. The molecule has 0 unspecified atom stereocenters. The van der Waals surface area contributed by atoms with Gasteiger partial charge in [0.2, 0.25) is 0 Å². The van der Waals surface area contributed by atoms with Gasteiger partial charge in [0.05, 0.1) is 5.02 Å². The fourth-order valence-corrected chi connectivity index (χ4v) is 1.41. The minimum atomic E-state index is -0.630. The molecule has 0 saturated heterocycles. The topological polar surface area (TPSA) is 17.1 Å². The van der Waals surface area contributed by atoms with Crippen molar-refractivity contribution in [1.29, 1.82) is 0 Å². The predicted molar refractivity (Wildman–Crippen MR) is 50.4 cm³/mol. The Hall–Kier alpha value is -0.960. The van der Waals surface area contributed by atoms with Gasteiger partial charge in [-0.25, -0.2) is 8.78 Å². The lowest BCUT2D eigenvalue weighted by molar-refractivity contribution is -0.107. The molecule has 4 heteroatoms. The molecule has 0 atom stereocenters. The molecule has 0 heterocycles. The lowest BCUT2D eigenvalue weighted by atomic mass is 10.1. The monoisotopic (exact) mass is 218 g/mol. The number of aldehydes is 1. The number of rotatable bonds is 4. The van der Waals surface area contributed by atoms with Crippen LogP contribution in [-0.4, -0.2) is 6.29 Å². The number of hydrogen-bond acceptors (Lipinski definition) is 1. The van der Waals surface area contributed by atoms with Crippen LogP contribution in [0.25, 0.3) is 0 Å². The van der Waals surface area contributed by atoms with E-state index < -0.39 is 11.6 Å². The zero-order valence-corrected chi connectivity index (χ0v) is 8.15. The molecule has 0 spiro atoms. The summed E-state index contributed by atoms with van der Waals surface area (Å²) in [6, 6.07) is 2.03. The fraction of sp³-hybridized carbons (Fsp3) is 0.300. The smallest absolute Gasteiger partial charge is 0.142 e. The van der Waals surface area contributed by atoms with Gasteiger partial charge in [0, 0.05) is 12.0 Å². The van der Waals surface area contributed by atoms with Crippen LogP contribution in [0.2, 0.25) is 5.02 Å². The van der Waals surface area contributed by atoms with Crippen LogP contribution in [0.1, 0.15) is 18.4 Å². The van der Waals surface area contributed by atoms with Crippen LogP contribution in [-0.2, 0) is 11.2 Å². The third-order valence-electron chi connectivity index (χ3n) is 1.89. The Bertz CT molecular complexity index is 339. The Labute approximate surface area is 85.7 Å². The maximum atomic E-state index is 13.1. The van der Waals surface area contributed by atoms with Crippen LogP contribution in [0.5, 0.6) is 0 Å². The molecule has 76 valence electrons. The first-order valence-corrected chi connectivity index (χ1v) is 4.60. The molecule has 0 aliphatic carbocycles. The van der Waals surface area contributed by atoms with Crippen molar-refractivity contribution in [3.8, 4) is 0 Å². The lowest BCUT2D eigenvalue weighted by Crippen LogP contribution is -1.95. The third-order valence-corrected chi connectivity index (χ3v) is 2.30. The third kappa shape index (κ3) is 2.51. The van der Waals surface area contributed by atoms with Crippen molar-refractivity contribution in [3.63, 3.8) is 0 Å². The second kappa shape index (κ2) is 5.05. The SMILES string of the molecule is O=CCCCc1c(F)ccc(F)c1Cl. The number of carbonyl (C=O) groups excluding carboxylic acids is 1. The molecule has 0 fully saturated rings. The fourth-order valence-electron chi connectivity index (χ4n) is 1.16. The van der Waals surface area contributed by atoms with Gasteiger partial charge in [-0.1, -0.05) is 11.6 Å². The highest BCUT2D eigenvalue weighted by Crippen LogP contribution is 2.24. The van der Waals surface area contributed by atoms with E-state index in [0.717, 1.165) is 18.4 Å². The van der Waals surface area contributed by atoms with Crippen molar-refractivity contribution < 1.29 is 13.6 Å². The first-order chi connectivity index (χ1) is 6.66. The minimum Gasteiger partial charge on any atom is -0.303 e. The zero-order valence-electron chi connectivity index (χ0n) is 7.40. The molecule has 0 aliphatic heterocycles. The largest absolute Gasteiger partial charge is 0.303 e. The van der Waals surface area contributed by atoms with Crippen molar-refractivity contribution in [2.75, 3.05) is 0 Å². The number of benzene rings is 1. The highest BCUT2D eigenvalue weighted by Gasteiger charge is 2.10. The molecule has 1 nitrogen and oxygen atoms in total. The van der Waals surface area contributed by atoms with E-state index in [1.165, 1.54) is 0 Å². The number of halogens is 3. The second-order valence-electron chi connectivity index (χ2n) is 2.88. The van der Waals surface area contributed by atoms with Gasteiger partial charge in [0.1, 0.15) is 17.9 Å². The van der Waals surface area contributed by atoms with Crippen molar-refractivity contribution in [2.24, 2.45) is 0 Å². The minimum absolute atomic E-state index is 0.147. The van der Waals surface area contributed by atoms with E-state index in [9.17, 15) is 13.6 Å². The predicted octanol–water partition coefficient (Wildman–Crippen LogP) is 3.14. The van der Waals surface area contributed by atoms with Gasteiger partial charge in [0.25, 0.3) is 0 Å². The van der Waals surface area contributed by atoms with Crippen molar-refractivity contribution in [1.82, 2.24) is 0 Å². The molecule has 0 bridgehead atoms. The summed E-state index contributed by atoms with van der Waals surface area (Å²) in [5.41, 5.74) is 0.147. The highest BCUT2D eigenvalue weighted by molar-refractivity contribution is 6.31. The van der Waals surface area contributed by atoms with Gasteiger partial charge >= 0.3 is 0 Å². The Morgan fingerprint density at radius 1 is 1.29 bits per heavy atom. The molecule has 14 heavy (non-hydrogen) atoms. The summed E-state index contributed by atoms with van der Waals surface area (Å²) < 4.78 is 26.0. The highest BCUT2D eigenvalue weighted by atomic mass is 35.5. The Balaban J connectivity index is 2.83. The van der Waals surface area contributed by atoms with Crippen LogP contribution in [0.3, 0.4) is 0 Å². The maximum absolute atomic E-state index is 13.1. The summed E-state index contributed by atoms with van der Waals surface area (Å²) in [4.78, 5) is 10.0. The van der Waals surface area contributed by atoms with Gasteiger partial charge < -0.3 is 4.79 Å². The van der Waals surface area contributed by atoms with Crippen LogP contribution < -0.4 is 0 Å². The number of hydrogen-bond donors (Lipinski definition) is 0. The van der Waals surface area contributed by atoms with E-state index in [0.29, 0.717) is 12.8 Å². The van der Waals surface area contributed by atoms with E-state index in [1.54, 1.807) is 0 Å². The number of unbranched alkanes of at least 4 members (excludes halogenated alkanes) is 1. The van der Waals surface area contributed by atoms with Crippen molar-refractivity contribution in [2.45, 2.75) is 19.3 Å². The molecular formula is C10H9ClF2O. The molecule has 0 aliphatic rings. The molecule has 1 aromatic rings. The maximum Gasteiger partial charge on any atom is 0.142 e. The molecule has 0 N–H and O–H groups in total. The summed E-state index contributed by atoms with van der Waals surface area (Å²) in [5, 5.41) is -0.184. The van der Waals surface area contributed by atoms with Crippen molar-refractivity contribution in [3.05, 3.63) is 34.4 Å². The molecule has 1 rings (SSSR count). The van der Waals surface area contributed by atoms with Gasteiger partial charge in [-0.3, -0.25) is 0 Å².